The van der Waals surface area contributed by atoms with Gasteiger partial charge in [0.2, 0.25) is 5.91 Å². The van der Waals surface area contributed by atoms with Gasteiger partial charge in [-0.1, -0.05) is 42.1 Å². The molecule has 0 aliphatic heterocycles. The van der Waals surface area contributed by atoms with Crippen LogP contribution in [-0.2, 0) is 11.3 Å². The molecule has 1 aromatic heterocycles. The molecule has 1 saturated carbocycles. The Labute approximate surface area is 167 Å². The minimum atomic E-state index is -0.365. The summed E-state index contributed by atoms with van der Waals surface area (Å²) in [6.45, 7) is 2.52. The van der Waals surface area contributed by atoms with E-state index in [1.165, 1.54) is 29.5 Å². The molecule has 1 atom stereocenters. The summed E-state index contributed by atoms with van der Waals surface area (Å²) in [5, 5.41) is 12.0. The van der Waals surface area contributed by atoms with Crippen LogP contribution in [0.1, 0.15) is 37.1 Å². The first-order valence-corrected chi connectivity index (χ1v) is 10.2. The van der Waals surface area contributed by atoms with Crippen molar-refractivity contribution in [1.29, 1.82) is 0 Å². The highest BCUT2D eigenvalue weighted by Crippen LogP contribution is 2.40. The maximum Gasteiger partial charge on any atom is 0.237 e. The summed E-state index contributed by atoms with van der Waals surface area (Å²) < 4.78 is 15.2. The number of rotatable bonds is 7. The third-order valence-electron chi connectivity index (χ3n) is 4.63. The molecule has 1 aliphatic rings. The van der Waals surface area contributed by atoms with Crippen LogP contribution in [0, 0.1) is 5.82 Å². The number of thioether (sulfide) groups is 1. The fourth-order valence-electron chi connectivity index (χ4n) is 2.93. The second-order valence-corrected chi connectivity index (χ2v) is 8.25. The quantitative estimate of drug-likeness (QED) is 0.599. The normalized spacial score (nSPS) is 14.6. The van der Waals surface area contributed by atoms with E-state index in [-0.39, 0.29) is 17.0 Å². The van der Waals surface area contributed by atoms with Crippen molar-refractivity contribution in [3.05, 3.63) is 71.8 Å². The van der Waals surface area contributed by atoms with Crippen molar-refractivity contribution in [2.75, 3.05) is 5.32 Å². The molecule has 3 aromatic rings. The average molecular weight is 396 g/mol. The third-order valence-corrected chi connectivity index (χ3v) is 5.72. The Morgan fingerprint density at radius 2 is 1.89 bits per heavy atom. The number of amides is 1. The molecule has 0 radical (unpaired) electrons. The van der Waals surface area contributed by atoms with E-state index < -0.39 is 0 Å². The topological polar surface area (TPSA) is 59.8 Å². The van der Waals surface area contributed by atoms with Gasteiger partial charge in [0.1, 0.15) is 11.6 Å². The molecule has 5 nitrogen and oxygen atoms in total. The largest absolute Gasteiger partial charge is 0.325 e. The fraction of sp³-hybridized carbons (Fsp3) is 0.286. The van der Waals surface area contributed by atoms with Crippen LogP contribution in [0.25, 0.3) is 0 Å². The first kappa shape index (κ1) is 18.7. The Balaban J connectivity index is 1.49. The molecular formula is C21H21FN4OS. The zero-order valence-corrected chi connectivity index (χ0v) is 16.3. The van der Waals surface area contributed by atoms with Gasteiger partial charge in [0, 0.05) is 11.6 Å². The van der Waals surface area contributed by atoms with Gasteiger partial charge in [-0.3, -0.25) is 4.79 Å². The van der Waals surface area contributed by atoms with E-state index >= 15 is 0 Å². The monoisotopic (exact) mass is 396 g/mol. The molecule has 1 heterocycles. The van der Waals surface area contributed by atoms with Crippen molar-refractivity contribution >= 4 is 23.4 Å². The van der Waals surface area contributed by atoms with Crippen molar-refractivity contribution in [1.82, 2.24) is 14.8 Å². The molecule has 1 aliphatic carbocycles. The summed E-state index contributed by atoms with van der Waals surface area (Å²) in [6, 6.07) is 15.9. The van der Waals surface area contributed by atoms with Gasteiger partial charge < -0.3 is 9.88 Å². The molecule has 0 saturated heterocycles. The molecule has 4 rings (SSSR count). The van der Waals surface area contributed by atoms with Crippen LogP contribution in [0.3, 0.4) is 0 Å². The number of nitrogens with zero attached hydrogens (tertiary/aromatic N) is 3. The summed E-state index contributed by atoms with van der Waals surface area (Å²) >= 11 is 1.39. The molecule has 0 bridgehead atoms. The Bertz CT molecular complexity index is 954. The molecule has 1 N–H and O–H groups in total. The average Bonchev–Trinajstić information content (AvgIpc) is 3.48. The lowest BCUT2D eigenvalue weighted by atomic mass is 10.2. The summed E-state index contributed by atoms with van der Waals surface area (Å²) in [5.41, 5.74) is 1.75. The highest BCUT2D eigenvalue weighted by Gasteiger charge is 2.31. The maximum atomic E-state index is 13.0. The number of nitrogens with one attached hydrogen (secondary N) is 1. The number of hydrogen-bond acceptors (Lipinski definition) is 4. The van der Waals surface area contributed by atoms with E-state index in [2.05, 4.69) is 32.2 Å². The first-order valence-electron chi connectivity index (χ1n) is 9.30. The molecule has 7 heteroatoms. The van der Waals surface area contributed by atoms with E-state index in [1.807, 2.05) is 25.1 Å². The van der Waals surface area contributed by atoms with Crippen LogP contribution in [0.4, 0.5) is 10.1 Å². The van der Waals surface area contributed by atoms with Gasteiger partial charge >= 0.3 is 0 Å². The molecule has 28 heavy (non-hydrogen) atoms. The van der Waals surface area contributed by atoms with Gasteiger partial charge in [-0.2, -0.15) is 0 Å². The SMILES string of the molecule is C[C@@H](Sc1nnc(C2CC2)n1Cc1ccccc1)C(=O)Nc1ccc(F)cc1. The minimum Gasteiger partial charge on any atom is -0.325 e. The van der Waals surface area contributed by atoms with Crippen LogP contribution in [-0.4, -0.2) is 25.9 Å². The number of carbonyl (C=O) groups excluding carboxylic acids is 1. The minimum absolute atomic E-state index is 0.154. The van der Waals surface area contributed by atoms with Gasteiger partial charge in [-0.05, 0) is 49.6 Å². The van der Waals surface area contributed by atoms with Crippen LogP contribution in [0.2, 0.25) is 0 Å². The van der Waals surface area contributed by atoms with Gasteiger partial charge in [0.25, 0.3) is 0 Å². The number of anilines is 1. The van der Waals surface area contributed by atoms with E-state index in [0.717, 1.165) is 23.8 Å². The van der Waals surface area contributed by atoms with E-state index in [0.29, 0.717) is 18.2 Å². The Kier molecular flexibility index (Phi) is 5.43. The second kappa shape index (κ2) is 8.14. The molecule has 0 spiro atoms. The summed E-state index contributed by atoms with van der Waals surface area (Å²) in [7, 11) is 0. The number of hydrogen-bond donors (Lipinski definition) is 1. The van der Waals surface area contributed by atoms with Gasteiger partial charge in [0.05, 0.1) is 11.8 Å². The Hall–Kier alpha value is -2.67. The highest BCUT2D eigenvalue weighted by molar-refractivity contribution is 8.00. The molecule has 2 aromatic carbocycles. The van der Waals surface area contributed by atoms with Crippen molar-refractivity contribution < 1.29 is 9.18 Å². The molecule has 1 amide bonds. The highest BCUT2D eigenvalue weighted by atomic mass is 32.2. The summed E-state index contributed by atoms with van der Waals surface area (Å²) in [4.78, 5) is 12.5. The molecule has 0 unspecified atom stereocenters. The van der Waals surface area contributed by atoms with Gasteiger partial charge in [0.15, 0.2) is 5.16 Å². The zero-order chi connectivity index (χ0) is 19.5. The number of carbonyl (C=O) groups is 1. The first-order chi connectivity index (χ1) is 13.6. The molecule has 144 valence electrons. The van der Waals surface area contributed by atoms with Crippen molar-refractivity contribution in [2.24, 2.45) is 0 Å². The second-order valence-electron chi connectivity index (χ2n) is 6.94. The number of aromatic nitrogens is 3. The van der Waals surface area contributed by atoms with E-state index in [4.69, 9.17) is 0 Å². The van der Waals surface area contributed by atoms with Crippen LogP contribution < -0.4 is 5.32 Å². The lowest BCUT2D eigenvalue weighted by Crippen LogP contribution is -2.23. The van der Waals surface area contributed by atoms with Crippen LogP contribution in [0.5, 0.6) is 0 Å². The predicted octanol–water partition coefficient (Wildman–Crippen LogP) is 4.46. The standard InChI is InChI=1S/C21H21FN4OS/c1-14(20(27)23-18-11-9-17(22)10-12-18)28-21-25-24-19(16-7-8-16)26(21)13-15-5-3-2-4-6-15/h2-6,9-12,14,16H,7-8,13H2,1H3,(H,23,27)/t14-/m1/s1. The van der Waals surface area contributed by atoms with Crippen LogP contribution in [0.15, 0.2) is 59.8 Å². The lowest BCUT2D eigenvalue weighted by Gasteiger charge is -2.14. The molecule has 1 fully saturated rings. The van der Waals surface area contributed by atoms with Gasteiger partial charge in [-0.15, -0.1) is 10.2 Å². The smallest absolute Gasteiger partial charge is 0.237 e. The van der Waals surface area contributed by atoms with E-state index in [1.54, 1.807) is 12.1 Å². The van der Waals surface area contributed by atoms with E-state index in [9.17, 15) is 9.18 Å². The predicted molar refractivity (Wildman–Crippen MR) is 108 cm³/mol. The Morgan fingerprint density at radius 1 is 1.18 bits per heavy atom. The van der Waals surface area contributed by atoms with Crippen molar-refractivity contribution in [3.63, 3.8) is 0 Å². The van der Waals surface area contributed by atoms with Crippen molar-refractivity contribution in [2.45, 2.75) is 42.6 Å². The Morgan fingerprint density at radius 3 is 2.57 bits per heavy atom. The summed E-state index contributed by atoms with van der Waals surface area (Å²) in [6.07, 6.45) is 2.27. The number of halogens is 1. The zero-order valence-electron chi connectivity index (χ0n) is 15.5. The van der Waals surface area contributed by atoms with Crippen LogP contribution >= 0.6 is 11.8 Å². The fourth-order valence-corrected chi connectivity index (χ4v) is 3.79. The van der Waals surface area contributed by atoms with Crippen molar-refractivity contribution in [3.8, 4) is 0 Å². The summed E-state index contributed by atoms with van der Waals surface area (Å²) in [5.74, 6) is 0.979. The number of benzene rings is 2. The third kappa shape index (κ3) is 4.42. The van der Waals surface area contributed by atoms with Gasteiger partial charge in [-0.25, -0.2) is 4.39 Å². The maximum absolute atomic E-state index is 13.0. The molecular weight excluding hydrogens is 375 g/mol. The lowest BCUT2D eigenvalue weighted by molar-refractivity contribution is -0.115.